The summed E-state index contributed by atoms with van der Waals surface area (Å²) in [4.78, 5) is 14.3. The lowest BCUT2D eigenvalue weighted by atomic mass is 10.1. The Kier molecular flexibility index (Phi) is 4.39. The van der Waals surface area contributed by atoms with Gasteiger partial charge in [0.1, 0.15) is 5.69 Å². The number of nitrogens with zero attached hydrogens (tertiary/aromatic N) is 2. The van der Waals surface area contributed by atoms with Crippen LogP contribution >= 0.6 is 0 Å². The number of hydrogen-bond donors (Lipinski definition) is 1. The fourth-order valence-electron chi connectivity index (χ4n) is 2.57. The van der Waals surface area contributed by atoms with Gasteiger partial charge in [0.25, 0.3) is 0 Å². The number of carbonyl (C=O) groups excluding carboxylic acids is 1. The van der Waals surface area contributed by atoms with E-state index in [2.05, 4.69) is 15.1 Å². The van der Waals surface area contributed by atoms with E-state index in [0.717, 1.165) is 30.0 Å². The molecule has 1 aromatic carbocycles. The Morgan fingerprint density at radius 3 is 2.73 bits per heavy atom. The van der Waals surface area contributed by atoms with Gasteiger partial charge < -0.3 is 14.4 Å². The van der Waals surface area contributed by atoms with Crippen molar-refractivity contribution in [2.45, 2.75) is 6.92 Å². The molecule has 6 nitrogen and oxygen atoms in total. The number of benzene rings is 1. The Bertz CT molecular complexity index is 633. The predicted molar refractivity (Wildman–Crippen MR) is 83.0 cm³/mol. The standard InChI is InChI=1S/C16H19N3O3/c1-2-22-16(20)14-15(19-8-10-21-11-9-19)13(17-18-14)12-6-4-3-5-7-12/h3-7H,2,8-11H2,1H3,(H,17,18). The molecule has 116 valence electrons. The average Bonchev–Trinajstić information content (AvgIpc) is 3.02. The van der Waals surface area contributed by atoms with Crippen LogP contribution in [0.2, 0.25) is 0 Å². The monoisotopic (exact) mass is 301 g/mol. The average molecular weight is 301 g/mol. The fourth-order valence-corrected chi connectivity index (χ4v) is 2.57. The summed E-state index contributed by atoms with van der Waals surface area (Å²) in [5.41, 5.74) is 2.94. The van der Waals surface area contributed by atoms with E-state index in [4.69, 9.17) is 9.47 Å². The highest BCUT2D eigenvalue weighted by molar-refractivity contribution is 5.98. The Morgan fingerprint density at radius 1 is 1.32 bits per heavy atom. The molecule has 2 heterocycles. The summed E-state index contributed by atoms with van der Waals surface area (Å²) in [6.45, 7) is 4.86. The number of morpholine rings is 1. The SMILES string of the molecule is CCOC(=O)c1[nH]nc(-c2ccccc2)c1N1CCOCC1. The molecule has 1 aromatic heterocycles. The van der Waals surface area contributed by atoms with Crippen LogP contribution in [0.4, 0.5) is 5.69 Å². The minimum atomic E-state index is -0.376. The molecular formula is C16H19N3O3. The van der Waals surface area contributed by atoms with Crippen LogP contribution in [0.5, 0.6) is 0 Å². The Balaban J connectivity index is 2.04. The number of nitrogens with one attached hydrogen (secondary N) is 1. The van der Waals surface area contributed by atoms with Gasteiger partial charge in [0.05, 0.1) is 25.5 Å². The first-order chi connectivity index (χ1) is 10.8. The highest BCUT2D eigenvalue weighted by Crippen LogP contribution is 2.32. The van der Waals surface area contributed by atoms with E-state index in [-0.39, 0.29) is 5.97 Å². The molecule has 0 spiro atoms. The summed E-state index contributed by atoms with van der Waals surface area (Å²) >= 11 is 0. The number of aromatic nitrogens is 2. The Labute approximate surface area is 129 Å². The van der Waals surface area contributed by atoms with Gasteiger partial charge in [0.2, 0.25) is 0 Å². The second-order valence-corrected chi connectivity index (χ2v) is 4.98. The number of anilines is 1. The lowest BCUT2D eigenvalue weighted by Gasteiger charge is -2.29. The molecule has 1 aliphatic heterocycles. The van der Waals surface area contributed by atoms with Crippen LogP contribution in [-0.4, -0.2) is 49.1 Å². The molecule has 1 N–H and O–H groups in total. The molecule has 3 rings (SSSR count). The Morgan fingerprint density at radius 2 is 2.05 bits per heavy atom. The van der Waals surface area contributed by atoms with Crippen molar-refractivity contribution < 1.29 is 14.3 Å². The zero-order valence-electron chi connectivity index (χ0n) is 12.5. The summed E-state index contributed by atoms with van der Waals surface area (Å²) in [6, 6.07) is 9.83. The van der Waals surface area contributed by atoms with Crippen molar-refractivity contribution in [1.82, 2.24) is 10.2 Å². The second kappa shape index (κ2) is 6.62. The highest BCUT2D eigenvalue weighted by atomic mass is 16.5. The molecule has 1 aliphatic rings. The number of rotatable bonds is 4. The van der Waals surface area contributed by atoms with Gasteiger partial charge in [-0.15, -0.1) is 0 Å². The molecule has 2 aromatic rings. The number of H-pyrrole nitrogens is 1. The van der Waals surface area contributed by atoms with Crippen molar-refractivity contribution in [2.24, 2.45) is 0 Å². The van der Waals surface area contributed by atoms with E-state index in [1.165, 1.54) is 0 Å². The van der Waals surface area contributed by atoms with Crippen molar-refractivity contribution in [3.8, 4) is 11.3 Å². The molecule has 22 heavy (non-hydrogen) atoms. The smallest absolute Gasteiger partial charge is 0.358 e. The third kappa shape index (κ3) is 2.82. The van der Waals surface area contributed by atoms with E-state index in [0.29, 0.717) is 25.5 Å². The molecule has 0 amide bonds. The third-order valence-corrected chi connectivity index (χ3v) is 3.59. The van der Waals surface area contributed by atoms with Crippen molar-refractivity contribution in [2.75, 3.05) is 37.8 Å². The Hall–Kier alpha value is -2.34. The van der Waals surface area contributed by atoms with Crippen LogP contribution in [0.3, 0.4) is 0 Å². The zero-order valence-corrected chi connectivity index (χ0v) is 12.5. The van der Waals surface area contributed by atoms with Crippen LogP contribution in [0.15, 0.2) is 30.3 Å². The number of carbonyl (C=O) groups is 1. The van der Waals surface area contributed by atoms with E-state index < -0.39 is 0 Å². The first-order valence-corrected chi connectivity index (χ1v) is 7.45. The molecule has 0 bridgehead atoms. The molecule has 6 heteroatoms. The van der Waals surface area contributed by atoms with Gasteiger partial charge in [0, 0.05) is 18.7 Å². The van der Waals surface area contributed by atoms with Crippen LogP contribution in [-0.2, 0) is 9.47 Å². The minimum Gasteiger partial charge on any atom is -0.461 e. The van der Waals surface area contributed by atoms with E-state index in [1.54, 1.807) is 6.92 Å². The van der Waals surface area contributed by atoms with Gasteiger partial charge in [0.15, 0.2) is 5.69 Å². The minimum absolute atomic E-state index is 0.334. The van der Waals surface area contributed by atoms with Crippen molar-refractivity contribution >= 4 is 11.7 Å². The summed E-state index contributed by atoms with van der Waals surface area (Å²) < 4.78 is 10.5. The van der Waals surface area contributed by atoms with E-state index >= 15 is 0 Å². The normalized spacial score (nSPS) is 14.9. The lowest BCUT2D eigenvalue weighted by molar-refractivity contribution is 0.0519. The van der Waals surface area contributed by atoms with Gasteiger partial charge in [-0.25, -0.2) is 4.79 Å². The first-order valence-electron chi connectivity index (χ1n) is 7.45. The molecule has 0 atom stereocenters. The molecule has 0 unspecified atom stereocenters. The summed E-state index contributed by atoms with van der Waals surface area (Å²) in [6.07, 6.45) is 0. The van der Waals surface area contributed by atoms with Gasteiger partial charge >= 0.3 is 5.97 Å². The largest absolute Gasteiger partial charge is 0.461 e. The van der Waals surface area contributed by atoms with E-state index in [1.807, 2.05) is 30.3 Å². The second-order valence-electron chi connectivity index (χ2n) is 4.98. The van der Waals surface area contributed by atoms with Crippen molar-refractivity contribution in [1.29, 1.82) is 0 Å². The zero-order chi connectivity index (χ0) is 15.4. The summed E-state index contributed by atoms with van der Waals surface area (Å²) in [7, 11) is 0. The summed E-state index contributed by atoms with van der Waals surface area (Å²) in [5.74, 6) is -0.376. The maximum atomic E-state index is 12.2. The predicted octanol–water partition coefficient (Wildman–Crippen LogP) is 2.09. The number of ether oxygens (including phenoxy) is 2. The van der Waals surface area contributed by atoms with Crippen molar-refractivity contribution in [3.63, 3.8) is 0 Å². The number of aromatic amines is 1. The molecule has 1 fully saturated rings. The fraction of sp³-hybridized carbons (Fsp3) is 0.375. The topological polar surface area (TPSA) is 67.5 Å². The van der Waals surface area contributed by atoms with Crippen LogP contribution in [0, 0.1) is 0 Å². The van der Waals surface area contributed by atoms with Gasteiger partial charge in [-0.1, -0.05) is 30.3 Å². The molecule has 0 radical (unpaired) electrons. The van der Waals surface area contributed by atoms with E-state index in [9.17, 15) is 4.79 Å². The van der Waals surface area contributed by atoms with Crippen LogP contribution in [0.25, 0.3) is 11.3 Å². The quantitative estimate of drug-likeness (QED) is 0.876. The number of esters is 1. The van der Waals surface area contributed by atoms with Gasteiger partial charge in [-0.2, -0.15) is 5.10 Å². The third-order valence-electron chi connectivity index (χ3n) is 3.59. The maximum absolute atomic E-state index is 12.2. The maximum Gasteiger partial charge on any atom is 0.358 e. The van der Waals surface area contributed by atoms with Crippen molar-refractivity contribution in [3.05, 3.63) is 36.0 Å². The molecule has 0 aliphatic carbocycles. The first kappa shape index (κ1) is 14.6. The van der Waals surface area contributed by atoms with Gasteiger partial charge in [-0.3, -0.25) is 5.10 Å². The van der Waals surface area contributed by atoms with Gasteiger partial charge in [-0.05, 0) is 6.92 Å². The summed E-state index contributed by atoms with van der Waals surface area (Å²) in [5, 5.41) is 7.20. The van der Waals surface area contributed by atoms with Crippen LogP contribution < -0.4 is 4.90 Å². The molecule has 0 saturated carbocycles. The molecular weight excluding hydrogens is 282 g/mol. The van der Waals surface area contributed by atoms with Crippen LogP contribution in [0.1, 0.15) is 17.4 Å². The lowest BCUT2D eigenvalue weighted by Crippen LogP contribution is -2.37. The number of hydrogen-bond acceptors (Lipinski definition) is 5. The highest BCUT2D eigenvalue weighted by Gasteiger charge is 2.26. The molecule has 1 saturated heterocycles.